The molecule has 0 bridgehead atoms. The number of aromatic nitrogens is 3. The van der Waals surface area contributed by atoms with E-state index in [-0.39, 0.29) is 48.7 Å². The van der Waals surface area contributed by atoms with Crippen LogP contribution in [0.5, 0.6) is 0 Å². The van der Waals surface area contributed by atoms with Gasteiger partial charge in [-0.25, -0.2) is 0 Å². The van der Waals surface area contributed by atoms with Gasteiger partial charge in [0.15, 0.2) is 0 Å². The molecular weight excluding hydrogens is 1140 g/mol. The van der Waals surface area contributed by atoms with Crippen LogP contribution in [-0.2, 0) is 37.4 Å². The number of pyridine rings is 3. The molecular formula is C75H70IrN3. The Balaban J connectivity index is 0.00000704. The van der Waals surface area contributed by atoms with Crippen molar-refractivity contribution in [1.82, 2.24) is 15.0 Å². The van der Waals surface area contributed by atoms with E-state index >= 15 is 0 Å². The van der Waals surface area contributed by atoms with Crippen LogP contribution in [0, 0.1) is 24.1 Å². The Bertz CT molecular complexity index is 3520. The minimum absolute atomic E-state index is 0. The number of rotatable bonds is 12. The monoisotopic (exact) mass is 1210 g/mol. The number of benzene rings is 7. The molecule has 0 saturated heterocycles. The number of hydrogen-bond acceptors (Lipinski definition) is 3. The van der Waals surface area contributed by atoms with E-state index in [1.165, 1.54) is 77.9 Å². The van der Waals surface area contributed by atoms with E-state index in [0.717, 1.165) is 59.5 Å². The molecule has 1 fully saturated rings. The predicted molar refractivity (Wildman–Crippen MR) is 325 cm³/mol. The third-order valence-corrected chi connectivity index (χ3v) is 16.1. The summed E-state index contributed by atoms with van der Waals surface area (Å²) in [7, 11) is 0. The van der Waals surface area contributed by atoms with Crippen molar-refractivity contribution >= 4 is 0 Å². The molecule has 0 N–H and O–H groups in total. The Morgan fingerprint density at radius 2 is 0.797 bits per heavy atom. The van der Waals surface area contributed by atoms with Gasteiger partial charge in [-0.3, -0.25) is 0 Å². The first kappa shape index (κ1) is 55.0. The maximum Gasteiger partial charge on any atom is 3.00 e. The van der Waals surface area contributed by atoms with Crippen LogP contribution in [0.25, 0.3) is 78.3 Å². The zero-order chi connectivity index (χ0) is 54.0. The van der Waals surface area contributed by atoms with Gasteiger partial charge >= 0.3 is 20.1 Å². The normalized spacial score (nSPS) is 15.6. The Kier molecular flexibility index (Phi) is 16.4. The largest absolute Gasteiger partial charge is 3.00 e. The average molecular weight is 1210 g/mol. The third-order valence-electron chi connectivity index (χ3n) is 16.1. The number of hydrogen-bond donors (Lipinski definition) is 0. The molecule has 3 nitrogen and oxygen atoms in total. The molecule has 10 aromatic rings. The molecule has 3 aromatic heterocycles. The summed E-state index contributed by atoms with van der Waals surface area (Å²) >= 11 is 0. The molecule has 3 heterocycles. The second-order valence-corrected chi connectivity index (χ2v) is 24.1. The van der Waals surface area contributed by atoms with E-state index in [1.807, 2.05) is 12.4 Å². The van der Waals surface area contributed by atoms with Crippen molar-refractivity contribution in [2.45, 2.75) is 110 Å². The molecule has 4 heteroatoms. The summed E-state index contributed by atoms with van der Waals surface area (Å²) in [5.41, 5.74) is 23.7. The predicted octanol–water partition coefficient (Wildman–Crippen LogP) is 19.6. The first-order valence-electron chi connectivity index (χ1n) is 28.0. The fourth-order valence-corrected chi connectivity index (χ4v) is 11.9. The zero-order valence-electron chi connectivity index (χ0n) is 46.9. The van der Waals surface area contributed by atoms with Crippen LogP contribution in [-0.4, -0.2) is 15.0 Å². The summed E-state index contributed by atoms with van der Waals surface area (Å²) < 4.78 is 0. The van der Waals surface area contributed by atoms with Gasteiger partial charge in [-0.15, -0.1) is 89.5 Å². The molecule has 7 aromatic carbocycles. The van der Waals surface area contributed by atoms with Gasteiger partial charge in [-0.2, -0.15) is 0 Å². The molecule has 79 heavy (non-hydrogen) atoms. The van der Waals surface area contributed by atoms with Crippen molar-refractivity contribution < 1.29 is 20.1 Å². The Labute approximate surface area is 484 Å². The topological polar surface area (TPSA) is 38.7 Å². The smallest absolute Gasteiger partial charge is 0.305 e. The summed E-state index contributed by atoms with van der Waals surface area (Å²) in [6, 6.07) is 80.0. The van der Waals surface area contributed by atoms with Crippen molar-refractivity contribution in [3.05, 3.63) is 258 Å². The Morgan fingerprint density at radius 3 is 1.16 bits per heavy atom. The van der Waals surface area contributed by atoms with Crippen molar-refractivity contribution in [1.29, 1.82) is 0 Å². The van der Waals surface area contributed by atoms with Crippen LogP contribution in [0.1, 0.15) is 126 Å². The van der Waals surface area contributed by atoms with Gasteiger partial charge in [0.2, 0.25) is 0 Å². The summed E-state index contributed by atoms with van der Waals surface area (Å²) in [6.07, 6.45) is 9.97. The molecule has 0 amide bonds. The van der Waals surface area contributed by atoms with Gasteiger partial charge in [0, 0.05) is 24.2 Å². The number of nitrogens with zero attached hydrogens (tertiary/aromatic N) is 3. The van der Waals surface area contributed by atoms with E-state index in [1.54, 1.807) is 0 Å². The van der Waals surface area contributed by atoms with Crippen molar-refractivity contribution in [3.8, 4) is 78.3 Å². The maximum absolute atomic E-state index is 5.04. The SMILES string of the molecule is CC(C)Cc1cc(-c2[c-]cc(-c3ccccc3C3CC(c4ccccc4-c4c[c-]c(-c5cc(C(C)(C)C)ccn5)cc4)CC(c4ccccc4-c4c[c-]c(-c5cc(C(C)(C)C)ccn5)cc4)C3)cc2)ncc1-c1ccccc1.[Ir+3]. The van der Waals surface area contributed by atoms with Gasteiger partial charge in [0.1, 0.15) is 0 Å². The standard InChI is InChI=1S/C75H70N3.Ir/c1-50(2)42-58-46-71(78-49-70(58)51-18-10-9-11-19-51)55-32-26-52(27-33-55)64-20-12-15-23-67(64)59-43-60(68-24-16-13-21-65(68)53-28-34-56(35-29-53)72-47-62(38-40-76-72)74(3,4)5)45-61(44-59)69-25-17-14-22-66(69)54-30-36-57(37-31-54)73-48-63(39-41-77-73)75(6,7)8;/h9-32,34,36,38-41,46-50,59-61H,42-45H2,1-8H3;/q-3;+3. The first-order valence-corrected chi connectivity index (χ1v) is 28.0. The van der Waals surface area contributed by atoms with E-state index in [2.05, 4.69) is 268 Å². The minimum atomic E-state index is 0. The van der Waals surface area contributed by atoms with Crippen LogP contribution < -0.4 is 0 Å². The third kappa shape index (κ3) is 12.3. The molecule has 0 aliphatic heterocycles. The van der Waals surface area contributed by atoms with Crippen LogP contribution in [0.4, 0.5) is 0 Å². The molecule has 394 valence electrons. The summed E-state index contributed by atoms with van der Waals surface area (Å²) in [4.78, 5) is 14.6. The molecule has 2 unspecified atom stereocenters. The molecule has 0 spiro atoms. The van der Waals surface area contributed by atoms with Crippen molar-refractivity contribution in [3.63, 3.8) is 0 Å². The van der Waals surface area contributed by atoms with E-state index in [0.29, 0.717) is 5.92 Å². The molecule has 1 aliphatic carbocycles. The zero-order valence-corrected chi connectivity index (χ0v) is 49.3. The van der Waals surface area contributed by atoms with E-state index in [4.69, 9.17) is 15.0 Å². The van der Waals surface area contributed by atoms with Crippen LogP contribution in [0.15, 0.2) is 207 Å². The van der Waals surface area contributed by atoms with E-state index in [9.17, 15) is 0 Å². The molecule has 1 aliphatic rings. The quantitative estimate of drug-likeness (QED) is 0.114. The fourth-order valence-electron chi connectivity index (χ4n) is 11.9. The van der Waals surface area contributed by atoms with Gasteiger partial charge < -0.3 is 15.0 Å². The van der Waals surface area contributed by atoms with Crippen molar-refractivity contribution in [2.24, 2.45) is 5.92 Å². The van der Waals surface area contributed by atoms with Gasteiger partial charge in [0.25, 0.3) is 0 Å². The summed E-state index contributed by atoms with van der Waals surface area (Å²) in [6.45, 7) is 18.1. The van der Waals surface area contributed by atoms with Crippen molar-refractivity contribution in [2.75, 3.05) is 0 Å². The second kappa shape index (κ2) is 23.5. The fraction of sp³-hybridized carbons (Fsp3) is 0.240. The molecule has 11 rings (SSSR count). The van der Waals surface area contributed by atoms with E-state index < -0.39 is 0 Å². The minimum Gasteiger partial charge on any atom is -0.305 e. The Hall–Kier alpha value is -7.36. The molecule has 0 radical (unpaired) electrons. The molecule has 2 atom stereocenters. The van der Waals surface area contributed by atoms with Crippen LogP contribution in [0.2, 0.25) is 0 Å². The average Bonchev–Trinajstić information content (AvgIpc) is 3.49. The van der Waals surface area contributed by atoms with Crippen LogP contribution >= 0.6 is 0 Å². The molecule has 1 saturated carbocycles. The summed E-state index contributed by atoms with van der Waals surface area (Å²) in [5, 5.41) is 0. The first-order chi connectivity index (χ1) is 37.7. The summed E-state index contributed by atoms with van der Waals surface area (Å²) in [5.74, 6) is 1.36. The van der Waals surface area contributed by atoms with Gasteiger partial charge in [0.05, 0.1) is 0 Å². The van der Waals surface area contributed by atoms with Crippen LogP contribution in [0.3, 0.4) is 0 Å². The maximum atomic E-state index is 5.04. The van der Waals surface area contributed by atoms with Gasteiger partial charge in [-0.1, -0.05) is 210 Å². The Morgan fingerprint density at radius 1 is 0.418 bits per heavy atom. The second-order valence-electron chi connectivity index (χ2n) is 24.1. The van der Waals surface area contributed by atoms with Gasteiger partial charge in [-0.05, 0) is 128 Å².